The molecule has 0 saturated carbocycles. The third-order valence-corrected chi connectivity index (χ3v) is 4.18. The Morgan fingerprint density at radius 1 is 1.37 bits per heavy atom. The molecule has 0 fully saturated rings. The molecular weight excluding hydrogens is 262 g/mol. The average molecular weight is 283 g/mol. The minimum atomic E-state index is -0.289. The SMILES string of the molecule is CCc1cc(C(=O)N(CC)CCC(=O)OC)sc1C. The summed E-state index contributed by atoms with van der Waals surface area (Å²) in [7, 11) is 1.36. The van der Waals surface area contributed by atoms with Crippen molar-refractivity contribution in [1.82, 2.24) is 4.90 Å². The van der Waals surface area contributed by atoms with Gasteiger partial charge in [0.15, 0.2) is 0 Å². The molecule has 0 saturated heterocycles. The van der Waals surface area contributed by atoms with Crippen molar-refractivity contribution in [3.05, 3.63) is 21.4 Å². The molecule has 0 aliphatic carbocycles. The molecule has 0 bridgehead atoms. The number of rotatable bonds is 6. The van der Waals surface area contributed by atoms with Crippen molar-refractivity contribution < 1.29 is 14.3 Å². The Bertz CT molecular complexity index is 454. The summed E-state index contributed by atoms with van der Waals surface area (Å²) in [5.41, 5.74) is 1.22. The van der Waals surface area contributed by atoms with Crippen LogP contribution in [0, 0.1) is 6.92 Å². The van der Waals surface area contributed by atoms with E-state index < -0.39 is 0 Å². The molecule has 19 heavy (non-hydrogen) atoms. The number of methoxy groups -OCH3 is 1. The lowest BCUT2D eigenvalue weighted by Gasteiger charge is -2.19. The maximum absolute atomic E-state index is 12.3. The lowest BCUT2D eigenvalue weighted by molar-refractivity contribution is -0.140. The van der Waals surface area contributed by atoms with Crippen LogP contribution in [0.3, 0.4) is 0 Å². The molecule has 5 heteroatoms. The summed E-state index contributed by atoms with van der Waals surface area (Å²) in [6.07, 6.45) is 1.17. The predicted octanol–water partition coefficient (Wildman–Crippen LogP) is 2.64. The van der Waals surface area contributed by atoms with Crippen molar-refractivity contribution >= 4 is 23.2 Å². The van der Waals surface area contributed by atoms with Crippen LogP contribution in [0.2, 0.25) is 0 Å². The number of amides is 1. The maximum Gasteiger partial charge on any atom is 0.307 e. The van der Waals surface area contributed by atoms with E-state index in [0.717, 1.165) is 11.3 Å². The van der Waals surface area contributed by atoms with E-state index in [1.165, 1.54) is 28.9 Å². The van der Waals surface area contributed by atoms with Gasteiger partial charge in [0.2, 0.25) is 0 Å². The van der Waals surface area contributed by atoms with Gasteiger partial charge < -0.3 is 9.64 Å². The lowest BCUT2D eigenvalue weighted by Crippen LogP contribution is -2.32. The summed E-state index contributed by atoms with van der Waals surface area (Å²) in [4.78, 5) is 27.1. The van der Waals surface area contributed by atoms with E-state index >= 15 is 0 Å². The largest absolute Gasteiger partial charge is 0.469 e. The van der Waals surface area contributed by atoms with Gasteiger partial charge in [0.25, 0.3) is 5.91 Å². The van der Waals surface area contributed by atoms with Crippen molar-refractivity contribution in [3.63, 3.8) is 0 Å². The molecule has 1 amide bonds. The van der Waals surface area contributed by atoms with Gasteiger partial charge in [0, 0.05) is 18.0 Å². The van der Waals surface area contributed by atoms with Gasteiger partial charge in [-0.3, -0.25) is 9.59 Å². The van der Waals surface area contributed by atoms with Crippen molar-refractivity contribution in [2.75, 3.05) is 20.2 Å². The number of thiophene rings is 1. The van der Waals surface area contributed by atoms with E-state index in [1.54, 1.807) is 4.90 Å². The Labute approximate surface area is 118 Å². The number of esters is 1. The van der Waals surface area contributed by atoms with Gasteiger partial charge >= 0.3 is 5.97 Å². The molecule has 1 heterocycles. The van der Waals surface area contributed by atoms with E-state index in [9.17, 15) is 9.59 Å². The Morgan fingerprint density at radius 2 is 2.05 bits per heavy atom. The van der Waals surface area contributed by atoms with Crippen LogP contribution in [0.5, 0.6) is 0 Å². The van der Waals surface area contributed by atoms with Crippen LogP contribution in [0.4, 0.5) is 0 Å². The van der Waals surface area contributed by atoms with Gasteiger partial charge in [-0.25, -0.2) is 0 Å². The summed E-state index contributed by atoms with van der Waals surface area (Å²) in [6.45, 7) is 7.02. The predicted molar refractivity (Wildman–Crippen MR) is 76.6 cm³/mol. The number of ether oxygens (including phenoxy) is 1. The quantitative estimate of drug-likeness (QED) is 0.754. The monoisotopic (exact) mass is 283 g/mol. The van der Waals surface area contributed by atoms with Crippen molar-refractivity contribution in [1.29, 1.82) is 0 Å². The standard InChI is InChI=1S/C14H21NO3S/c1-5-11-9-12(19-10(11)3)14(17)15(6-2)8-7-13(16)18-4/h9H,5-8H2,1-4H3. The minimum absolute atomic E-state index is 0.000738. The van der Waals surface area contributed by atoms with E-state index in [-0.39, 0.29) is 18.3 Å². The molecule has 0 unspecified atom stereocenters. The fourth-order valence-corrected chi connectivity index (χ4v) is 2.95. The number of hydrogen-bond donors (Lipinski definition) is 0. The highest BCUT2D eigenvalue weighted by molar-refractivity contribution is 7.14. The van der Waals surface area contributed by atoms with Crippen molar-refractivity contribution in [2.24, 2.45) is 0 Å². The van der Waals surface area contributed by atoms with E-state index in [4.69, 9.17) is 0 Å². The number of hydrogen-bond acceptors (Lipinski definition) is 4. The first kappa shape index (κ1) is 15.7. The summed E-state index contributed by atoms with van der Waals surface area (Å²) in [6, 6.07) is 1.96. The molecule has 106 valence electrons. The minimum Gasteiger partial charge on any atom is -0.469 e. The molecule has 0 N–H and O–H groups in total. The smallest absolute Gasteiger partial charge is 0.307 e. The molecule has 0 aliphatic rings. The highest BCUT2D eigenvalue weighted by Gasteiger charge is 2.18. The molecule has 0 aliphatic heterocycles. The van der Waals surface area contributed by atoms with Gasteiger partial charge in [0.1, 0.15) is 0 Å². The molecule has 1 aromatic rings. The van der Waals surface area contributed by atoms with Crippen LogP contribution >= 0.6 is 11.3 Å². The second kappa shape index (κ2) is 7.28. The Hall–Kier alpha value is -1.36. The van der Waals surface area contributed by atoms with Crippen LogP contribution < -0.4 is 0 Å². The molecule has 4 nitrogen and oxygen atoms in total. The molecule has 1 rings (SSSR count). The fourth-order valence-electron chi connectivity index (χ4n) is 1.86. The number of carbonyl (C=O) groups is 2. The normalized spacial score (nSPS) is 10.3. The zero-order chi connectivity index (χ0) is 14.4. The van der Waals surface area contributed by atoms with Crippen LogP contribution in [-0.4, -0.2) is 37.0 Å². The Balaban J connectivity index is 2.74. The maximum atomic E-state index is 12.3. The summed E-state index contributed by atoms with van der Waals surface area (Å²) < 4.78 is 4.60. The number of aryl methyl sites for hydroxylation is 2. The average Bonchev–Trinajstić information content (AvgIpc) is 2.80. The molecule has 0 atom stereocenters. The van der Waals surface area contributed by atoms with Gasteiger partial charge in [-0.2, -0.15) is 0 Å². The fraction of sp³-hybridized carbons (Fsp3) is 0.571. The lowest BCUT2D eigenvalue weighted by atomic mass is 10.2. The highest BCUT2D eigenvalue weighted by Crippen LogP contribution is 2.23. The second-order valence-electron chi connectivity index (χ2n) is 4.26. The molecule has 0 aromatic carbocycles. The van der Waals surface area contributed by atoms with Crippen molar-refractivity contribution in [3.8, 4) is 0 Å². The Morgan fingerprint density at radius 3 is 2.53 bits per heavy atom. The first-order valence-electron chi connectivity index (χ1n) is 6.48. The van der Waals surface area contributed by atoms with Crippen LogP contribution in [0.1, 0.15) is 40.4 Å². The van der Waals surface area contributed by atoms with Crippen LogP contribution in [0.15, 0.2) is 6.07 Å². The first-order chi connectivity index (χ1) is 9.03. The number of carbonyl (C=O) groups excluding carboxylic acids is 2. The van der Waals surface area contributed by atoms with Crippen LogP contribution in [-0.2, 0) is 16.0 Å². The zero-order valence-corrected chi connectivity index (χ0v) is 12.8. The summed E-state index contributed by atoms with van der Waals surface area (Å²) in [5.74, 6) is -0.290. The van der Waals surface area contributed by atoms with Crippen LogP contribution in [0.25, 0.3) is 0 Å². The van der Waals surface area contributed by atoms with Gasteiger partial charge in [-0.15, -0.1) is 11.3 Å². The second-order valence-corrected chi connectivity index (χ2v) is 5.51. The summed E-state index contributed by atoms with van der Waals surface area (Å²) in [5, 5.41) is 0. The number of nitrogens with zero attached hydrogens (tertiary/aromatic N) is 1. The topological polar surface area (TPSA) is 46.6 Å². The van der Waals surface area contributed by atoms with Gasteiger partial charge in [-0.05, 0) is 31.9 Å². The zero-order valence-electron chi connectivity index (χ0n) is 12.0. The Kier molecular flexibility index (Phi) is 6.02. The van der Waals surface area contributed by atoms with Gasteiger partial charge in [-0.1, -0.05) is 6.92 Å². The van der Waals surface area contributed by atoms with Crippen molar-refractivity contribution in [2.45, 2.75) is 33.6 Å². The first-order valence-corrected chi connectivity index (χ1v) is 7.30. The molecule has 1 aromatic heterocycles. The molecular formula is C14H21NO3S. The highest BCUT2D eigenvalue weighted by atomic mass is 32.1. The van der Waals surface area contributed by atoms with E-state index in [2.05, 4.69) is 11.7 Å². The third kappa shape index (κ3) is 4.06. The van der Waals surface area contributed by atoms with E-state index in [0.29, 0.717) is 13.1 Å². The van der Waals surface area contributed by atoms with Gasteiger partial charge in [0.05, 0.1) is 18.4 Å². The molecule has 0 radical (unpaired) electrons. The van der Waals surface area contributed by atoms with E-state index in [1.807, 2.05) is 19.9 Å². The summed E-state index contributed by atoms with van der Waals surface area (Å²) >= 11 is 1.52. The third-order valence-electron chi connectivity index (χ3n) is 3.09. The molecule has 0 spiro atoms.